The van der Waals surface area contributed by atoms with E-state index in [4.69, 9.17) is 0 Å². The highest BCUT2D eigenvalue weighted by Crippen LogP contribution is 2.23. The van der Waals surface area contributed by atoms with Gasteiger partial charge in [-0.05, 0) is 18.2 Å². The predicted molar refractivity (Wildman–Crippen MR) is 70.0 cm³/mol. The van der Waals surface area contributed by atoms with E-state index in [1.54, 1.807) is 18.6 Å². The van der Waals surface area contributed by atoms with Crippen molar-refractivity contribution in [2.45, 2.75) is 6.10 Å². The molecular weight excluding hydrogens is 224 g/mol. The molecule has 1 N–H and O–H groups in total. The zero-order valence-electron chi connectivity index (χ0n) is 9.69. The summed E-state index contributed by atoms with van der Waals surface area (Å²) in [5, 5.41) is 11.3. The van der Waals surface area contributed by atoms with Crippen LogP contribution in [0.3, 0.4) is 0 Å². The van der Waals surface area contributed by atoms with Crippen molar-refractivity contribution < 1.29 is 5.11 Å². The number of fused-ring (bicyclic) bond motifs is 1. The van der Waals surface area contributed by atoms with E-state index in [-0.39, 0.29) is 0 Å². The molecule has 3 nitrogen and oxygen atoms in total. The predicted octanol–water partition coefficient (Wildman–Crippen LogP) is 2.71. The number of hydrogen-bond donors (Lipinski definition) is 1. The Morgan fingerprint density at radius 3 is 2.67 bits per heavy atom. The third-order valence-electron chi connectivity index (χ3n) is 2.93. The van der Waals surface area contributed by atoms with Crippen LogP contribution in [-0.4, -0.2) is 15.1 Å². The molecule has 2 aromatic heterocycles. The molecule has 2 heterocycles. The number of aliphatic hydroxyl groups excluding tert-OH is 1. The molecule has 0 fully saturated rings. The van der Waals surface area contributed by atoms with Crippen LogP contribution in [0.15, 0.2) is 61.1 Å². The Labute approximate surface area is 105 Å². The van der Waals surface area contributed by atoms with Crippen molar-refractivity contribution in [2.75, 3.05) is 0 Å². The summed E-state index contributed by atoms with van der Waals surface area (Å²) in [5.74, 6) is 0. The molecule has 0 spiro atoms. The van der Waals surface area contributed by atoms with Crippen molar-refractivity contribution in [3.63, 3.8) is 0 Å². The average Bonchev–Trinajstić information content (AvgIpc) is 2.47. The number of aliphatic hydroxyl groups is 1. The Balaban J connectivity index is 2.04. The lowest BCUT2D eigenvalue weighted by atomic mass is 10.0. The van der Waals surface area contributed by atoms with Gasteiger partial charge in [0.25, 0.3) is 0 Å². The van der Waals surface area contributed by atoms with Gasteiger partial charge in [0.2, 0.25) is 0 Å². The summed E-state index contributed by atoms with van der Waals surface area (Å²) in [5.41, 5.74) is 2.48. The van der Waals surface area contributed by atoms with Gasteiger partial charge >= 0.3 is 0 Å². The molecule has 0 aliphatic carbocycles. The lowest BCUT2D eigenvalue weighted by Gasteiger charge is -2.11. The van der Waals surface area contributed by atoms with Crippen molar-refractivity contribution >= 4 is 10.9 Å². The van der Waals surface area contributed by atoms with Crippen molar-refractivity contribution in [3.8, 4) is 0 Å². The highest BCUT2D eigenvalue weighted by molar-refractivity contribution is 5.78. The summed E-state index contributed by atoms with van der Waals surface area (Å²) in [6.07, 6.45) is 4.38. The molecule has 0 bridgehead atoms. The molecule has 18 heavy (non-hydrogen) atoms. The second-order valence-electron chi connectivity index (χ2n) is 4.15. The zero-order valence-corrected chi connectivity index (χ0v) is 9.69. The van der Waals surface area contributed by atoms with Gasteiger partial charge in [-0.15, -0.1) is 0 Å². The Hall–Kier alpha value is -2.26. The summed E-state index contributed by atoms with van der Waals surface area (Å²) in [4.78, 5) is 8.36. The van der Waals surface area contributed by atoms with Crippen LogP contribution in [0.5, 0.6) is 0 Å². The van der Waals surface area contributed by atoms with Crippen LogP contribution in [0.2, 0.25) is 0 Å². The summed E-state index contributed by atoms with van der Waals surface area (Å²) >= 11 is 0. The summed E-state index contributed by atoms with van der Waals surface area (Å²) in [7, 11) is 0. The van der Waals surface area contributed by atoms with E-state index >= 15 is 0 Å². The molecule has 0 aliphatic rings. The van der Waals surface area contributed by atoms with Gasteiger partial charge < -0.3 is 5.11 Å². The number of nitrogens with zero attached hydrogens (tertiary/aromatic N) is 2. The van der Waals surface area contributed by atoms with Crippen LogP contribution in [0, 0.1) is 0 Å². The maximum atomic E-state index is 10.3. The van der Waals surface area contributed by atoms with Crippen molar-refractivity contribution in [1.82, 2.24) is 9.97 Å². The molecule has 1 atom stereocenters. The SMILES string of the molecule is O[C@@H](c1cccnc1)c1cnc2ccccc2c1. The number of benzene rings is 1. The number of hydrogen-bond acceptors (Lipinski definition) is 3. The third kappa shape index (κ3) is 1.96. The molecule has 88 valence electrons. The van der Waals surface area contributed by atoms with E-state index in [0.29, 0.717) is 0 Å². The minimum atomic E-state index is -0.684. The lowest BCUT2D eigenvalue weighted by Crippen LogP contribution is -2.00. The van der Waals surface area contributed by atoms with Gasteiger partial charge in [0.1, 0.15) is 6.10 Å². The first kappa shape index (κ1) is 10.9. The molecule has 0 amide bonds. The summed E-state index contributed by atoms with van der Waals surface area (Å²) in [6, 6.07) is 13.5. The van der Waals surface area contributed by atoms with E-state index in [2.05, 4.69) is 9.97 Å². The van der Waals surface area contributed by atoms with E-state index < -0.39 is 6.10 Å². The molecule has 0 unspecified atom stereocenters. The van der Waals surface area contributed by atoms with Crippen molar-refractivity contribution in [3.05, 3.63) is 72.2 Å². The van der Waals surface area contributed by atoms with Gasteiger partial charge in [0, 0.05) is 35.1 Å². The molecule has 0 saturated heterocycles. The molecule has 3 heteroatoms. The minimum Gasteiger partial charge on any atom is -0.384 e. The van der Waals surface area contributed by atoms with Crippen LogP contribution in [-0.2, 0) is 0 Å². The second-order valence-corrected chi connectivity index (χ2v) is 4.15. The first-order valence-electron chi connectivity index (χ1n) is 5.77. The van der Waals surface area contributed by atoms with Crippen LogP contribution >= 0.6 is 0 Å². The zero-order chi connectivity index (χ0) is 12.4. The molecule has 3 rings (SSSR count). The van der Waals surface area contributed by atoms with Crippen LogP contribution in [0.1, 0.15) is 17.2 Å². The first-order valence-corrected chi connectivity index (χ1v) is 5.77. The van der Waals surface area contributed by atoms with E-state index in [9.17, 15) is 5.11 Å². The standard InChI is InChI=1S/C15H12N2O/c18-15(12-5-3-7-16-9-12)13-8-11-4-1-2-6-14(11)17-10-13/h1-10,15,18H/t15-/m0/s1. The number of para-hydroxylation sites is 1. The monoisotopic (exact) mass is 236 g/mol. The Morgan fingerprint density at radius 1 is 0.944 bits per heavy atom. The van der Waals surface area contributed by atoms with Crippen LogP contribution in [0.25, 0.3) is 10.9 Å². The lowest BCUT2D eigenvalue weighted by molar-refractivity contribution is 0.219. The van der Waals surface area contributed by atoms with Gasteiger partial charge in [-0.25, -0.2) is 0 Å². The van der Waals surface area contributed by atoms with Gasteiger partial charge in [0.15, 0.2) is 0 Å². The number of pyridine rings is 2. The second kappa shape index (κ2) is 4.55. The van der Waals surface area contributed by atoms with Gasteiger partial charge in [0.05, 0.1) is 5.52 Å². The Kier molecular flexibility index (Phi) is 2.74. The third-order valence-corrected chi connectivity index (χ3v) is 2.93. The Bertz CT molecular complexity index is 667. The number of rotatable bonds is 2. The Morgan fingerprint density at radius 2 is 1.83 bits per heavy atom. The topological polar surface area (TPSA) is 46.0 Å². The molecule has 3 aromatic rings. The van der Waals surface area contributed by atoms with Crippen molar-refractivity contribution in [2.24, 2.45) is 0 Å². The molecule has 0 aliphatic heterocycles. The molecular formula is C15H12N2O. The summed E-state index contributed by atoms with van der Waals surface area (Å²) < 4.78 is 0. The van der Waals surface area contributed by atoms with Gasteiger partial charge in [-0.1, -0.05) is 24.3 Å². The maximum absolute atomic E-state index is 10.3. The molecule has 0 radical (unpaired) electrons. The van der Waals surface area contributed by atoms with Crippen LogP contribution < -0.4 is 0 Å². The maximum Gasteiger partial charge on any atom is 0.107 e. The smallest absolute Gasteiger partial charge is 0.107 e. The van der Waals surface area contributed by atoms with E-state index in [1.807, 2.05) is 42.5 Å². The largest absolute Gasteiger partial charge is 0.384 e. The first-order chi connectivity index (χ1) is 8.84. The fourth-order valence-corrected chi connectivity index (χ4v) is 1.97. The summed E-state index contributed by atoms with van der Waals surface area (Å²) in [6.45, 7) is 0. The highest BCUT2D eigenvalue weighted by atomic mass is 16.3. The fraction of sp³-hybridized carbons (Fsp3) is 0.0667. The number of aromatic nitrogens is 2. The average molecular weight is 236 g/mol. The quantitative estimate of drug-likeness (QED) is 0.744. The minimum absolute atomic E-state index is 0.684. The van der Waals surface area contributed by atoms with Crippen LogP contribution in [0.4, 0.5) is 0 Å². The normalized spacial score (nSPS) is 12.5. The highest BCUT2D eigenvalue weighted by Gasteiger charge is 2.11. The fourth-order valence-electron chi connectivity index (χ4n) is 1.97. The molecule has 0 saturated carbocycles. The van der Waals surface area contributed by atoms with E-state index in [1.165, 1.54) is 0 Å². The van der Waals surface area contributed by atoms with Crippen molar-refractivity contribution in [1.29, 1.82) is 0 Å². The molecule has 1 aromatic carbocycles. The van der Waals surface area contributed by atoms with Gasteiger partial charge in [-0.2, -0.15) is 0 Å². The van der Waals surface area contributed by atoms with E-state index in [0.717, 1.165) is 22.0 Å². The van der Waals surface area contributed by atoms with Gasteiger partial charge in [-0.3, -0.25) is 9.97 Å².